The van der Waals surface area contributed by atoms with Crippen LogP contribution in [0.1, 0.15) is 15.9 Å². The number of nitrogens with zero attached hydrogens (tertiary/aromatic N) is 3. The maximum absolute atomic E-state index is 11.9. The van der Waals surface area contributed by atoms with E-state index in [2.05, 4.69) is 14.9 Å². The number of nitro benzene ring substituents is 1. The molecule has 8 heteroatoms. The molecule has 7 nitrogen and oxygen atoms in total. The number of carbonyl (C=O) groups is 1. The minimum absolute atomic E-state index is 0.117. The van der Waals surface area contributed by atoms with Gasteiger partial charge in [0.1, 0.15) is 5.00 Å². The number of non-ortho nitro benzene ring substituents is 1. The highest BCUT2D eigenvalue weighted by molar-refractivity contribution is 7.10. The highest BCUT2D eigenvalue weighted by Gasteiger charge is 2.15. The van der Waals surface area contributed by atoms with E-state index in [0.717, 1.165) is 11.5 Å². The van der Waals surface area contributed by atoms with Crippen LogP contribution in [0, 0.1) is 17.0 Å². The third kappa shape index (κ3) is 2.48. The van der Waals surface area contributed by atoms with Crippen LogP contribution < -0.4 is 5.32 Å². The van der Waals surface area contributed by atoms with E-state index in [4.69, 9.17) is 0 Å². The zero-order chi connectivity index (χ0) is 13.1. The van der Waals surface area contributed by atoms with Crippen molar-refractivity contribution in [3.8, 4) is 0 Å². The van der Waals surface area contributed by atoms with Gasteiger partial charge >= 0.3 is 0 Å². The standard InChI is InChI=1S/C10H8N4O3S/c1-6-2-3-7(14(16)17)4-8(6)10(15)12-9-5-11-13-18-9/h2-5H,1H3,(H,12,15). The fourth-order valence-corrected chi connectivity index (χ4v) is 1.78. The molecule has 0 atom stereocenters. The molecule has 1 amide bonds. The summed E-state index contributed by atoms with van der Waals surface area (Å²) in [6, 6.07) is 4.15. The molecule has 0 spiro atoms. The van der Waals surface area contributed by atoms with Crippen molar-refractivity contribution in [1.29, 1.82) is 0 Å². The zero-order valence-corrected chi connectivity index (χ0v) is 10.1. The average Bonchev–Trinajstić information content (AvgIpc) is 2.81. The summed E-state index contributed by atoms with van der Waals surface area (Å²) in [6.07, 6.45) is 1.41. The van der Waals surface area contributed by atoms with Crippen LogP contribution in [0.3, 0.4) is 0 Å². The Morgan fingerprint density at radius 3 is 2.89 bits per heavy atom. The van der Waals surface area contributed by atoms with E-state index in [-0.39, 0.29) is 11.3 Å². The van der Waals surface area contributed by atoms with Crippen LogP contribution in [-0.2, 0) is 0 Å². The lowest BCUT2D eigenvalue weighted by molar-refractivity contribution is -0.384. The number of nitrogens with one attached hydrogen (secondary N) is 1. The number of rotatable bonds is 3. The van der Waals surface area contributed by atoms with Gasteiger partial charge in [0.05, 0.1) is 11.1 Å². The summed E-state index contributed by atoms with van der Waals surface area (Å²) < 4.78 is 3.61. The molecule has 92 valence electrons. The Balaban J connectivity index is 2.29. The van der Waals surface area contributed by atoms with Crippen molar-refractivity contribution in [1.82, 2.24) is 9.59 Å². The molecule has 0 aliphatic rings. The van der Waals surface area contributed by atoms with Crippen LogP contribution in [0.2, 0.25) is 0 Å². The topological polar surface area (TPSA) is 98.0 Å². The summed E-state index contributed by atoms with van der Waals surface area (Å²) in [7, 11) is 0. The smallest absolute Gasteiger partial charge is 0.270 e. The molecule has 0 fully saturated rings. The molecule has 2 rings (SSSR count). The van der Waals surface area contributed by atoms with Crippen LogP contribution in [0.15, 0.2) is 24.4 Å². The maximum Gasteiger partial charge on any atom is 0.270 e. The number of aryl methyl sites for hydroxylation is 1. The molecule has 0 bridgehead atoms. The summed E-state index contributed by atoms with van der Waals surface area (Å²) in [4.78, 5) is 22.0. The minimum Gasteiger partial charge on any atom is -0.311 e. The van der Waals surface area contributed by atoms with Gasteiger partial charge in [-0.05, 0) is 12.5 Å². The van der Waals surface area contributed by atoms with Gasteiger partial charge in [0.25, 0.3) is 11.6 Å². The molecular formula is C10H8N4O3S. The fourth-order valence-electron chi connectivity index (χ4n) is 1.37. The third-order valence-corrected chi connectivity index (χ3v) is 2.85. The van der Waals surface area contributed by atoms with Crippen molar-refractivity contribution in [3.05, 3.63) is 45.6 Å². The number of anilines is 1. The average molecular weight is 264 g/mol. The number of hydrogen-bond acceptors (Lipinski definition) is 6. The Labute approximate surface area is 106 Å². The van der Waals surface area contributed by atoms with Crippen molar-refractivity contribution in [2.45, 2.75) is 6.92 Å². The van der Waals surface area contributed by atoms with Gasteiger partial charge in [-0.3, -0.25) is 14.9 Å². The molecule has 18 heavy (non-hydrogen) atoms. The number of benzene rings is 1. The summed E-state index contributed by atoms with van der Waals surface area (Å²) >= 11 is 1.04. The maximum atomic E-state index is 11.9. The second-order valence-corrected chi connectivity index (χ2v) is 4.28. The van der Waals surface area contributed by atoms with Gasteiger partial charge in [-0.25, -0.2) is 0 Å². The van der Waals surface area contributed by atoms with Crippen LogP contribution in [0.25, 0.3) is 0 Å². The quantitative estimate of drug-likeness (QED) is 0.675. The first kappa shape index (κ1) is 12.1. The molecule has 1 aromatic carbocycles. The number of carbonyl (C=O) groups excluding carboxylic acids is 1. The van der Waals surface area contributed by atoms with E-state index >= 15 is 0 Å². The largest absolute Gasteiger partial charge is 0.311 e. The third-order valence-electron chi connectivity index (χ3n) is 2.27. The molecule has 1 N–H and O–H groups in total. The van der Waals surface area contributed by atoms with Crippen LogP contribution in [0.4, 0.5) is 10.7 Å². The van der Waals surface area contributed by atoms with E-state index in [9.17, 15) is 14.9 Å². The van der Waals surface area contributed by atoms with Crippen molar-refractivity contribution in [2.75, 3.05) is 5.32 Å². The Kier molecular flexibility index (Phi) is 3.28. The second kappa shape index (κ2) is 4.88. The highest BCUT2D eigenvalue weighted by atomic mass is 32.1. The number of aromatic nitrogens is 2. The molecule has 0 unspecified atom stereocenters. The van der Waals surface area contributed by atoms with E-state index in [0.29, 0.717) is 10.6 Å². The fraction of sp³-hybridized carbons (Fsp3) is 0.100. The van der Waals surface area contributed by atoms with E-state index in [1.165, 1.54) is 24.4 Å². The molecule has 2 aromatic rings. The first-order valence-corrected chi connectivity index (χ1v) is 5.69. The van der Waals surface area contributed by atoms with Crippen LogP contribution in [-0.4, -0.2) is 20.4 Å². The van der Waals surface area contributed by atoms with Crippen molar-refractivity contribution in [3.63, 3.8) is 0 Å². The van der Waals surface area contributed by atoms with Crippen LogP contribution in [0.5, 0.6) is 0 Å². The minimum atomic E-state index is -0.537. The van der Waals surface area contributed by atoms with Gasteiger partial charge in [-0.1, -0.05) is 10.6 Å². The highest BCUT2D eigenvalue weighted by Crippen LogP contribution is 2.19. The summed E-state index contributed by atoms with van der Waals surface area (Å²) in [6.45, 7) is 1.71. The molecule has 0 radical (unpaired) electrons. The Morgan fingerprint density at radius 1 is 1.50 bits per heavy atom. The lowest BCUT2D eigenvalue weighted by Crippen LogP contribution is -2.12. The molecular weight excluding hydrogens is 256 g/mol. The van der Waals surface area contributed by atoms with E-state index < -0.39 is 10.8 Å². The van der Waals surface area contributed by atoms with E-state index in [1.54, 1.807) is 6.92 Å². The first-order valence-electron chi connectivity index (χ1n) is 4.91. The van der Waals surface area contributed by atoms with E-state index in [1.807, 2.05) is 0 Å². The molecule has 1 aromatic heterocycles. The summed E-state index contributed by atoms with van der Waals surface area (Å²) in [5.41, 5.74) is 0.807. The van der Waals surface area contributed by atoms with Gasteiger partial charge in [0, 0.05) is 29.2 Å². The van der Waals surface area contributed by atoms with Gasteiger partial charge in [-0.15, -0.1) is 5.10 Å². The number of amides is 1. The summed E-state index contributed by atoms with van der Waals surface area (Å²) in [5.74, 6) is -0.415. The van der Waals surface area contributed by atoms with Gasteiger partial charge < -0.3 is 5.32 Å². The predicted molar refractivity (Wildman–Crippen MR) is 65.7 cm³/mol. The molecule has 0 aliphatic heterocycles. The van der Waals surface area contributed by atoms with Gasteiger partial charge in [0.15, 0.2) is 0 Å². The predicted octanol–water partition coefficient (Wildman–Crippen LogP) is 2.01. The monoisotopic (exact) mass is 264 g/mol. The normalized spacial score (nSPS) is 10.1. The first-order chi connectivity index (χ1) is 8.58. The van der Waals surface area contributed by atoms with Crippen molar-refractivity contribution < 1.29 is 9.72 Å². The SMILES string of the molecule is Cc1ccc([N+](=O)[O-])cc1C(=O)Nc1cnns1. The number of hydrogen-bond donors (Lipinski definition) is 1. The Morgan fingerprint density at radius 2 is 2.28 bits per heavy atom. The van der Waals surface area contributed by atoms with Crippen molar-refractivity contribution in [2.24, 2.45) is 0 Å². The molecule has 1 heterocycles. The summed E-state index contributed by atoms with van der Waals surface area (Å²) in [5, 5.41) is 17.3. The molecule has 0 saturated heterocycles. The lowest BCUT2D eigenvalue weighted by atomic mass is 10.1. The zero-order valence-electron chi connectivity index (χ0n) is 9.28. The lowest BCUT2D eigenvalue weighted by Gasteiger charge is -2.04. The second-order valence-electron chi connectivity index (χ2n) is 3.49. The van der Waals surface area contributed by atoms with Gasteiger partial charge in [-0.2, -0.15) is 0 Å². The molecule has 0 aliphatic carbocycles. The van der Waals surface area contributed by atoms with Crippen molar-refractivity contribution >= 4 is 28.1 Å². The Hall–Kier alpha value is -2.35. The van der Waals surface area contributed by atoms with Crippen LogP contribution >= 0.6 is 11.5 Å². The molecule has 0 saturated carbocycles. The Bertz CT molecular complexity index is 597. The number of nitro groups is 1. The van der Waals surface area contributed by atoms with Gasteiger partial charge in [0.2, 0.25) is 0 Å².